The van der Waals surface area contributed by atoms with E-state index in [1.54, 1.807) is 12.5 Å². The maximum Gasteiger partial charge on any atom is 0.309 e. The van der Waals surface area contributed by atoms with Gasteiger partial charge in [-0.05, 0) is 6.42 Å². The lowest BCUT2D eigenvalue weighted by molar-refractivity contribution is -0.136. The van der Waals surface area contributed by atoms with Crippen molar-refractivity contribution in [1.29, 1.82) is 0 Å². The number of piperidine rings is 1. The molecule has 0 spiro atoms. The van der Waals surface area contributed by atoms with Gasteiger partial charge in [-0.25, -0.2) is 4.98 Å². The molecule has 1 aliphatic heterocycles. The minimum absolute atomic E-state index is 0.00516. The van der Waals surface area contributed by atoms with E-state index in [1.807, 2.05) is 0 Å². The number of carbonyl (C=O) groups is 1. The van der Waals surface area contributed by atoms with Crippen molar-refractivity contribution < 1.29 is 14.6 Å². The number of methoxy groups -OCH3 is 1. The van der Waals surface area contributed by atoms with Crippen LogP contribution in [0.1, 0.15) is 12.1 Å². The van der Waals surface area contributed by atoms with E-state index in [-0.39, 0.29) is 18.6 Å². The summed E-state index contributed by atoms with van der Waals surface area (Å²) in [6.07, 6.45) is 0.828. The largest absolute Gasteiger partial charge is 0.481 e. The molecule has 0 radical (unpaired) electrons. The third-order valence-electron chi connectivity index (χ3n) is 3.06. The second kappa shape index (κ2) is 5.64. The van der Waals surface area contributed by atoms with Crippen molar-refractivity contribution in [2.75, 3.05) is 25.1 Å². The molecule has 0 saturated carbocycles. The highest BCUT2D eigenvalue weighted by Gasteiger charge is 2.27. The maximum absolute atomic E-state index is 10.6. The zero-order valence-corrected chi connectivity index (χ0v) is 11.0. The lowest BCUT2D eigenvalue weighted by atomic mass is 10.0. The Morgan fingerprint density at radius 1 is 1.78 bits per heavy atom. The summed E-state index contributed by atoms with van der Waals surface area (Å²) in [5.41, 5.74) is 6.56. The first kappa shape index (κ1) is 13.3. The van der Waals surface area contributed by atoms with E-state index in [1.165, 1.54) is 11.3 Å². The van der Waals surface area contributed by atoms with Crippen molar-refractivity contribution in [3.63, 3.8) is 0 Å². The number of hydrogen-bond acceptors (Lipinski definition) is 6. The van der Waals surface area contributed by atoms with Gasteiger partial charge in [-0.3, -0.25) is 4.79 Å². The third kappa shape index (κ3) is 2.98. The Labute approximate surface area is 109 Å². The van der Waals surface area contributed by atoms with Crippen LogP contribution in [-0.4, -0.2) is 48.4 Å². The molecular formula is C11H17N3O3S. The van der Waals surface area contributed by atoms with E-state index in [9.17, 15) is 4.79 Å². The second-order valence-electron chi connectivity index (χ2n) is 4.36. The van der Waals surface area contributed by atoms with Gasteiger partial charge in [0.05, 0.1) is 18.2 Å². The van der Waals surface area contributed by atoms with E-state index in [0.29, 0.717) is 12.2 Å². The topological polar surface area (TPSA) is 88.7 Å². The number of nitrogens with zero attached hydrogens (tertiary/aromatic N) is 2. The van der Waals surface area contributed by atoms with Crippen LogP contribution >= 0.6 is 11.3 Å². The molecule has 2 rings (SSSR count). The number of carboxylic acid groups (broad SMARTS) is 1. The molecule has 1 aromatic rings. The quantitative estimate of drug-likeness (QED) is 0.820. The monoisotopic (exact) mass is 271 g/mol. The summed E-state index contributed by atoms with van der Waals surface area (Å²) in [6, 6.07) is 0.0599. The van der Waals surface area contributed by atoms with Crippen molar-refractivity contribution in [1.82, 2.24) is 4.98 Å². The fraction of sp³-hybridized carbons (Fsp3) is 0.636. The van der Waals surface area contributed by atoms with Gasteiger partial charge < -0.3 is 20.5 Å². The predicted molar refractivity (Wildman–Crippen MR) is 69.1 cm³/mol. The van der Waals surface area contributed by atoms with Gasteiger partial charge in [0.15, 0.2) is 5.13 Å². The first-order chi connectivity index (χ1) is 8.60. The van der Waals surface area contributed by atoms with Crippen molar-refractivity contribution >= 4 is 22.4 Å². The summed E-state index contributed by atoms with van der Waals surface area (Å²) < 4.78 is 5.34. The molecule has 0 aliphatic carbocycles. The van der Waals surface area contributed by atoms with E-state index >= 15 is 0 Å². The fourth-order valence-corrected chi connectivity index (χ4v) is 2.90. The van der Waals surface area contributed by atoms with E-state index < -0.39 is 5.97 Å². The Morgan fingerprint density at radius 3 is 3.22 bits per heavy atom. The number of ether oxygens (including phenoxy) is 1. The molecule has 0 aromatic carbocycles. The summed E-state index contributed by atoms with van der Waals surface area (Å²) in [5, 5.41) is 11.4. The molecular weight excluding hydrogens is 254 g/mol. The van der Waals surface area contributed by atoms with Crippen LogP contribution in [0, 0.1) is 0 Å². The number of anilines is 1. The molecule has 18 heavy (non-hydrogen) atoms. The van der Waals surface area contributed by atoms with Crippen LogP contribution in [0.4, 0.5) is 5.13 Å². The van der Waals surface area contributed by atoms with Crippen molar-refractivity contribution in [3.05, 3.63) is 11.1 Å². The summed E-state index contributed by atoms with van der Waals surface area (Å²) in [7, 11) is 1.66. The van der Waals surface area contributed by atoms with Gasteiger partial charge in [-0.1, -0.05) is 0 Å². The molecule has 0 amide bonds. The normalized spacial score (nSPS) is 24.2. The Hall–Kier alpha value is -1.18. The molecule has 1 fully saturated rings. The number of carboxylic acids is 1. The predicted octanol–water partition coefficient (Wildman–Crippen LogP) is 0.323. The van der Waals surface area contributed by atoms with Gasteiger partial charge in [-0.2, -0.15) is 0 Å². The van der Waals surface area contributed by atoms with Gasteiger partial charge in [-0.15, -0.1) is 11.3 Å². The molecule has 0 unspecified atom stereocenters. The number of aliphatic carboxylic acids is 1. The van der Waals surface area contributed by atoms with Gasteiger partial charge in [0.2, 0.25) is 0 Å². The Bertz CT molecular complexity index is 423. The van der Waals surface area contributed by atoms with Gasteiger partial charge in [0, 0.05) is 31.6 Å². The number of rotatable bonds is 4. The van der Waals surface area contributed by atoms with E-state index in [4.69, 9.17) is 15.6 Å². The number of hydrogen-bond donors (Lipinski definition) is 2. The third-order valence-corrected chi connectivity index (χ3v) is 4.01. The zero-order chi connectivity index (χ0) is 13.1. The lowest BCUT2D eigenvalue weighted by Crippen LogP contribution is -2.51. The van der Waals surface area contributed by atoms with Crippen LogP contribution in [0.3, 0.4) is 0 Å². The van der Waals surface area contributed by atoms with Gasteiger partial charge in [0.25, 0.3) is 0 Å². The molecule has 7 heteroatoms. The van der Waals surface area contributed by atoms with E-state index in [0.717, 1.165) is 18.1 Å². The highest BCUT2D eigenvalue weighted by atomic mass is 32.1. The van der Waals surface area contributed by atoms with Crippen LogP contribution in [0.2, 0.25) is 0 Å². The molecule has 3 N–H and O–H groups in total. The molecule has 2 heterocycles. The summed E-state index contributed by atoms with van der Waals surface area (Å²) in [5.74, 6) is -0.859. The van der Waals surface area contributed by atoms with Crippen molar-refractivity contribution in [2.24, 2.45) is 5.73 Å². The molecule has 1 saturated heterocycles. The zero-order valence-electron chi connectivity index (χ0n) is 10.2. The molecule has 6 nitrogen and oxygen atoms in total. The summed E-state index contributed by atoms with van der Waals surface area (Å²) in [4.78, 5) is 17.0. The molecule has 1 aromatic heterocycles. The van der Waals surface area contributed by atoms with Crippen LogP contribution in [0.5, 0.6) is 0 Å². The Kier molecular flexibility index (Phi) is 4.15. The molecule has 1 aliphatic rings. The molecule has 100 valence electrons. The van der Waals surface area contributed by atoms with Crippen LogP contribution in [-0.2, 0) is 16.0 Å². The first-order valence-corrected chi connectivity index (χ1v) is 6.67. The standard InChI is InChI=1S/C11H17N3O3S/c1-17-9-5-14(3-2-8(9)12)11-13-7(6-18-11)4-10(15)16/h6,8-9H,2-5,12H2,1H3,(H,15,16)/t8-,9+/m0/s1. The molecule has 2 atom stereocenters. The van der Waals surface area contributed by atoms with Crippen molar-refractivity contribution in [2.45, 2.75) is 25.0 Å². The average Bonchev–Trinajstić information content (AvgIpc) is 2.77. The van der Waals surface area contributed by atoms with Gasteiger partial charge >= 0.3 is 5.97 Å². The summed E-state index contributed by atoms with van der Waals surface area (Å²) >= 11 is 1.47. The van der Waals surface area contributed by atoms with Gasteiger partial charge in [0.1, 0.15) is 0 Å². The van der Waals surface area contributed by atoms with Crippen LogP contribution in [0.15, 0.2) is 5.38 Å². The van der Waals surface area contributed by atoms with E-state index in [2.05, 4.69) is 9.88 Å². The number of thiazole rings is 1. The smallest absolute Gasteiger partial charge is 0.309 e. The minimum atomic E-state index is -0.859. The maximum atomic E-state index is 10.6. The lowest BCUT2D eigenvalue weighted by Gasteiger charge is -2.35. The fourth-order valence-electron chi connectivity index (χ4n) is 2.04. The Morgan fingerprint density at radius 2 is 2.56 bits per heavy atom. The van der Waals surface area contributed by atoms with Crippen molar-refractivity contribution in [3.8, 4) is 0 Å². The number of aromatic nitrogens is 1. The minimum Gasteiger partial charge on any atom is -0.481 e. The highest BCUT2D eigenvalue weighted by molar-refractivity contribution is 7.13. The second-order valence-corrected chi connectivity index (χ2v) is 5.20. The number of nitrogens with two attached hydrogens (primary N) is 1. The first-order valence-electron chi connectivity index (χ1n) is 5.79. The molecule has 0 bridgehead atoms. The average molecular weight is 271 g/mol. The Balaban J connectivity index is 2.03. The summed E-state index contributed by atoms with van der Waals surface area (Å²) in [6.45, 7) is 1.54. The van der Waals surface area contributed by atoms with Crippen LogP contribution in [0.25, 0.3) is 0 Å². The SMILES string of the molecule is CO[C@@H]1CN(c2nc(CC(=O)O)cs2)CC[C@@H]1N. The van der Waals surface area contributed by atoms with Crippen LogP contribution < -0.4 is 10.6 Å². The highest BCUT2D eigenvalue weighted by Crippen LogP contribution is 2.24.